The molecule has 2 heterocycles. The molecule has 15 heavy (non-hydrogen) atoms. The Bertz CT molecular complexity index is 390. The summed E-state index contributed by atoms with van der Waals surface area (Å²) < 4.78 is 24.6. The largest absolute Gasteiger partial charge is 0.354 e. The van der Waals surface area contributed by atoms with Crippen LogP contribution in [0.15, 0.2) is 12.0 Å². The molecule has 0 aliphatic carbocycles. The molecular weight excluding hydrogens is 216 g/mol. The minimum atomic E-state index is -3.47. The molecule has 2 saturated heterocycles. The Hall–Kier alpha value is -0.880. The molecule has 6 heteroatoms. The summed E-state index contributed by atoms with van der Waals surface area (Å²) in [6.07, 6.45) is 1.72. The van der Waals surface area contributed by atoms with Crippen LogP contribution in [-0.4, -0.2) is 37.8 Å². The number of carbonyl (C=O) groups is 1. The van der Waals surface area contributed by atoms with Crippen LogP contribution in [0.25, 0.3) is 0 Å². The van der Waals surface area contributed by atoms with Gasteiger partial charge in [-0.3, -0.25) is 4.79 Å². The molecule has 0 bridgehead atoms. The fourth-order valence-corrected chi connectivity index (χ4v) is 3.48. The van der Waals surface area contributed by atoms with E-state index < -0.39 is 16.1 Å². The van der Waals surface area contributed by atoms with Gasteiger partial charge in [-0.2, -0.15) is 4.31 Å². The third-order valence-corrected chi connectivity index (χ3v) is 4.54. The second-order valence-electron chi connectivity index (χ2n) is 3.91. The van der Waals surface area contributed by atoms with Crippen molar-refractivity contribution in [3.05, 3.63) is 12.0 Å². The van der Waals surface area contributed by atoms with Crippen molar-refractivity contribution < 1.29 is 13.2 Å². The number of hydrogen-bond acceptors (Lipinski definition) is 3. The van der Waals surface area contributed by atoms with Crippen molar-refractivity contribution in [2.75, 3.05) is 13.1 Å². The van der Waals surface area contributed by atoms with Gasteiger partial charge in [0.25, 0.3) is 0 Å². The van der Waals surface area contributed by atoms with Crippen LogP contribution in [0.4, 0.5) is 0 Å². The zero-order chi connectivity index (χ0) is 11.1. The first-order valence-electron chi connectivity index (χ1n) is 4.98. The Morgan fingerprint density at radius 1 is 1.53 bits per heavy atom. The molecule has 0 aromatic carbocycles. The Kier molecular flexibility index (Phi) is 2.56. The third kappa shape index (κ3) is 1.68. The third-order valence-electron chi connectivity index (χ3n) is 3.05. The van der Waals surface area contributed by atoms with E-state index in [1.807, 2.05) is 0 Å². The molecule has 84 valence electrons. The molecule has 0 spiro atoms. The highest BCUT2D eigenvalue weighted by Crippen LogP contribution is 2.29. The lowest BCUT2D eigenvalue weighted by atomic mass is 9.94. The lowest BCUT2D eigenvalue weighted by Crippen LogP contribution is -2.49. The molecule has 0 saturated carbocycles. The van der Waals surface area contributed by atoms with Crippen LogP contribution < -0.4 is 5.32 Å². The molecule has 0 aromatic rings. The van der Waals surface area contributed by atoms with Crippen LogP contribution >= 0.6 is 0 Å². The Balaban J connectivity index is 2.32. The first-order chi connectivity index (χ1) is 7.06. The quantitative estimate of drug-likeness (QED) is 0.706. The number of nitrogens with zero attached hydrogens (tertiary/aromatic N) is 1. The molecule has 0 radical (unpaired) electrons. The van der Waals surface area contributed by atoms with Crippen LogP contribution in [0.3, 0.4) is 0 Å². The van der Waals surface area contributed by atoms with Gasteiger partial charge in [0.05, 0.1) is 0 Å². The maximum atomic E-state index is 11.7. The van der Waals surface area contributed by atoms with E-state index in [1.54, 1.807) is 0 Å². The van der Waals surface area contributed by atoms with Gasteiger partial charge in [-0.15, -0.1) is 0 Å². The monoisotopic (exact) mass is 230 g/mol. The van der Waals surface area contributed by atoms with Crippen molar-refractivity contribution in [3.8, 4) is 0 Å². The molecule has 2 rings (SSSR count). The average molecular weight is 230 g/mol. The maximum absolute atomic E-state index is 11.7. The summed E-state index contributed by atoms with van der Waals surface area (Å²) in [5, 5.41) is 3.63. The van der Waals surface area contributed by atoms with E-state index in [0.717, 1.165) is 18.2 Å². The molecule has 1 amide bonds. The van der Waals surface area contributed by atoms with E-state index >= 15 is 0 Å². The zero-order valence-corrected chi connectivity index (χ0v) is 9.16. The maximum Gasteiger partial charge on any atom is 0.238 e. The number of nitrogens with one attached hydrogen (secondary N) is 1. The smallest absolute Gasteiger partial charge is 0.238 e. The SMILES string of the molecule is C=CS(=O)(=O)N1CCC[C@@H]2CNC(=O)[C@@H]21. The first-order valence-corrected chi connectivity index (χ1v) is 6.48. The second kappa shape index (κ2) is 3.61. The van der Waals surface area contributed by atoms with Crippen LogP contribution in [-0.2, 0) is 14.8 Å². The molecule has 2 fully saturated rings. The van der Waals surface area contributed by atoms with E-state index in [-0.39, 0.29) is 11.8 Å². The van der Waals surface area contributed by atoms with Crippen molar-refractivity contribution in [1.29, 1.82) is 0 Å². The lowest BCUT2D eigenvalue weighted by Gasteiger charge is -2.33. The van der Waals surface area contributed by atoms with Gasteiger partial charge in [0.2, 0.25) is 15.9 Å². The van der Waals surface area contributed by atoms with Gasteiger partial charge in [-0.05, 0) is 12.8 Å². The zero-order valence-electron chi connectivity index (χ0n) is 8.35. The molecule has 2 aliphatic rings. The van der Waals surface area contributed by atoms with E-state index in [1.165, 1.54) is 4.31 Å². The van der Waals surface area contributed by atoms with Gasteiger partial charge < -0.3 is 5.32 Å². The van der Waals surface area contributed by atoms with E-state index in [9.17, 15) is 13.2 Å². The summed E-state index contributed by atoms with van der Waals surface area (Å²) in [4.78, 5) is 11.5. The summed E-state index contributed by atoms with van der Waals surface area (Å²) in [5.74, 6) is -0.0499. The molecule has 5 nitrogen and oxygen atoms in total. The van der Waals surface area contributed by atoms with Crippen molar-refractivity contribution in [2.24, 2.45) is 5.92 Å². The number of sulfonamides is 1. The Morgan fingerprint density at radius 2 is 2.27 bits per heavy atom. The number of piperidine rings is 1. The molecular formula is C9H14N2O3S. The topological polar surface area (TPSA) is 66.5 Å². The molecule has 0 aromatic heterocycles. The first kappa shape index (κ1) is 10.6. The number of rotatable bonds is 2. The highest BCUT2D eigenvalue weighted by Gasteiger charge is 2.45. The summed E-state index contributed by atoms with van der Waals surface area (Å²) in [6, 6.07) is -0.512. The van der Waals surface area contributed by atoms with E-state index in [2.05, 4.69) is 11.9 Å². The number of carbonyl (C=O) groups excluding carboxylic acids is 1. The summed E-state index contributed by atoms with van der Waals surface area (Å²) in [6.45, 7) is 4.29. The van der Waals surface area contributed by atoms with Gasteiger partial charge >= 0.3 is 0 Å². The molecule has 2 atom stereocenters. The van der Waals surface area contributed by atoms with Gasteiger partial charge in [-0.1, -0.05) is 6.58 Å². The fourth-order valence-electron chi connectivity index (χ4n) is 2.32. The summed E-state index contributed by atoms with van der Waals surface area (Å²) in [5.41, 5.74) is 0. The minimum Gasteiger partial charge on any atom is -0.354 e. The highest BCUT2D eigenvalue weighted by molar-refractivity contribution is 7.92. The molecule has 1 N–H and O–H groups in total. The fraction of sp³-hybridized carbons (Fsp3) is 0.667. The predicted octanol–water partition coefficient (Wildman–Crippen LogP) is -0.330. The van der Waals surface area contributed by atoms with Crippen LogP contribution in [0.5, 0.6) is 0 Å². The summed E-state index contributed by atoms with van der Waals surface area (Å²) >= 11 is 0. The average Bonchev–Trinajstić information content (AvgIpc) is 2.60. The molecule has 0 unspecified atom stereocenters. The van der Waals surface area contributed by atoms with Crippen molar-refractivity contribution in [1.82, 2.24) is 9.62 Å². The Morgan fingerprint density at radius 3 is 2.93 bits per heavy atom. The van der Waals surface area contributed by atoms with Gasteiger partial charge in [0.15, 0.2) is 0 Å². The van der Waals surface area contributed by atoms with E-state index in [4.69, 9.17) is 0 Å². The van der Waals surface area contributed by atoms with Gasteiger partial charge in [0, 0.05) is 24.4 Å². The van der Waals surface area contributed by atoms with Gasteiger partial charge in [-0.25, -0.2) is 8.42 Å². The second-order valence-corrected chi connectivity index (χ2v) is 5.75. The van der Waals surface area contributed by atoms with Crippen molar-refractivity contribution in [2.45, 2.75) is 18.9 Å². The number of amides is 1. The predicted molar refractivity (Wildman–Crippen MR) is 55.3 cm³/mol. The normalized spacial score (nSPS) is 32.1. The van der Waals surface area contributed by atoms with Crippen LogP contribution in [0.1, 0.15) is 12.8 Å². The Labute approximate surface area is 89.2 Å². The number of hydrogen-bond donors (Lipinski definition) is 1. The summed E-state index contributed by atoms with van der Waals surface area (Å²) in [7, 11) is -3.47. The van der Waals surface area contributed by atoms with Crippen molar-refractivity contribution >= 4 is 15.9 Å². The highest BCUT2D eigenvalue weighted by atomic mass is 32.2. The standard InChI is InChI=1S/C9H14N2O3S/c1-2-15(13,14)11-5-3-4-7-6-10-9(12)8(7)11/h2,7-8H,1,3-6H2,(H,10,12)/t7-,8-/m1/s1. The van der Waals surface area contributed by atoms with E-state index in [0.29, 0.717) is 13.1 Å². The lowest BCUT2D eigenvalue weighted by molar-refractivity contribution is -0.123. The van der Waals surface area contributed by atoms with Crippen LogP contribution in [0.2, 0.25) is 0 Å². The molecule has 2 aliphatic heterocycles. The minimum absolute atomic E-state index is 0.126. The van der Waals surface area contributed by atoms with Crippen molar-refractivity contribution in [3.63, 3.8) is 0 Å². The number of fused-ring (bicyclic) bond motifs is 1. The van der Waals surface area contributed by atoms with Crippen LogP contribution in [0, 0.1) is 5.92 Å². The van der Waals surface area contributed by atoms with Gasteiger partial charge in [0.1, 0.15) is 6.04 Å².